The lowest BCUT2D eigenvalue weighted by molar-refractivity contribution is -0.385. The van der Waals surface area contributed by atoms with Crippen molar-refractivity contribution in [2.75, 3.05) is 18.6 Å². The summed E-state index contributed by atoms with van der Waals surface area (Å²) in [5.74, 6) is -0.222. The van der Waals surface area contributed by atoms with Crippen LogP contribution in [0.2, 0.25) is 0 Å². The first-order chi connectivity index (χ1) is 11.2. The van der Waals surface area contributed by atoms with E-state index in [1.165, 1.54) is 32.2 Å². The number of carbonyl (C=O) groups excluding carboxylic acids is 1. The first-order valence-corrected chi connectivity index (χ1v) is 9.04. The summed E-state index contributed by atoms with van der Waals surface area (Å²) in [6.07, 6.45) is -0.606. The number of amides is 1. The molecule has 2 atom stereocenters. The molecule has 1 amide bonds. The van der Waals surface area contributed by atoms with Gasteiger partial charge in [-0.1, -0.05) is 0 Å². The number of non-ortho nitro benzene ring substituents is 1. The van der Waals surface area contributed by atoms with Crippen molar-refractivity contribution in [3.8, 4) is 11.5 Å². The summed E-state index contributed by atoms with van der Waals surface area (Å²) in [5, 5.41) is 13.4. The van der Waals surface area contributed by atoms with Crippen LogP contribution in [0.5, 0.6) is 11.5 Å². The van der Waals surface area contributed by atoms with E-state index in [2.05, 4.69) is 5.32 Å². The van der Waals surface area contributed by atoms with E-state index in [9.17, 15) is 23.3 Å². The molecule has 1 aromatic carbocycles. The maximum atomic E-state index is 12.1. The monoisotopic (exact) mass is 358 g/mol. The SMILES string of the molecule is COc1ccc([N+](=O)[O-])cc1O[C@H](C)C(=O)N[C@@H]1CCS(=O)(=O)C1. The molecule has 2 rings (SSSR count). The molecule has 0 saturated carbocycles. The highest BCUT2D eigenvalue weighted by Gasteiger charge is 2.30. The Morgan fingerprint density at radius 1 is 1.42 bits per heavy atom. The van der Waals surface area contributed by atoms with Crippen LogP contribution in [0.4, 0.5) is 5.69 Å². The van der Waals surface area contributed by atoms with Crippen molar-refractivity contribution in [2.24, 2.45) is 0 Å². The molecule has 24 heavy (non-hydrogen) atoms. The van der Waals surface area contributed by atoms with Crippen molar-refractivity contribution in [2.45, 2.75) is 25.5 Å². The molecule has 1 saturated heterocycles. The lowest BCUT2D eigenvalue weighted by Crippen LogP contribution is -2.43. The minimum atomic E-state index is -3.10. The molecule has 10 heteroatoms. The van der Waals surface area contributed by atoms with E-state index in [0.717, 1.165) is 0 Å². The molecule has 0 spiro atoms. The number of carbonyl (C=O) groups is 1. The number of nitro benzene ring substituents is 1. The van der Waals surface area contributed by atoms with Gasteiger partial charge in [-0.3, -0.25) is 14.9 Å². The fourth-order valence-corrected chi connectivity index (χ4v) is 4.02. The third kappa shape index (κ3) is 4.34. The van der Waals surface area contributed by atoms with Crippen LogP contribution in [-0.2, 0) is 14.6 Å². The molecule has 1 heterocycles. The number of sulfone groups is 1. The molecule has 0 bridgehead atoms. The highest BCUT2D eigenvalue weighted by atomic mass is 32.2. The van der Waals surface area contributed by atoms with Crippen molar-refractivity contribution in [1.29, 1.82) is 0 Å². The van der Waals surface area contributed by atoms with Gasteiger partial charge in [0.05, 0.1) is 29.6 Å². The Bertz CT molecular complexity index is 747. The summed E-state index contributed by atoms with van der Waals surface area (Å²) in [7, 11) is -1.72. The summed E-state index contributed by atoms with van der Waals surface area (Å²) in [6.45, 7) is 1.47. The van der Waals surface area contributed by atoms with Crippen LogP contribution in [0.15, 0.2) is 18.2 Å². The van der Waals surface area contributed by atoms with Crippen molar-refractivity contribution in [3.05, 3.63) is 28.3 Å². The van der Waals surface area contributed by atoms with Crippen LogP contribution in [0, 0.1) is 10.1 Å². The highest BCUT2D eigenvalue weighted by Crippen LogP contribution is 2.31. The van der Waals surface area contributed by atoms with Crippen molar-refractivity contribution in [3.63, 3.8) is 0 Å². The average Bonchev–Trinajstić information content (AvgIpc) is 2.85. The second-order valence-corrected chi connectivity index (χ2v) is 7.69. The summed E-state index contributed by atoms with van der Waals surface area (Å²) in [6, 6.07) is 3.37. The Hall–Kier alpha value is -2.36. The first-order valence-electron chi connectivity index (χ1n) is 7.21. The molecule has 132 valence electrons. The maximum Gasteiger partial charge on any atom is 0.273 e. The van der Waals surface area contributed by atoms with Crippen molar-refractivity contribution < 1.29 is 27.6 Å². The highest BCUT2D eigenvalue weighted by molar-refractivity contribution is 7.91. The van der Waals surface area contributed by atoms with E-state index in [-0.39, 0.29) is 28.7 Å². The second kappa shape index (κ2) is 7.04. The largest absolute Gasteiger partial charge is 0.493 e. The number of hydrogen-bond donors (Lipinski definition) is 1. The molecule has 0 radical (unpaired) electrons. The Morgan fingerprint density at radius 2 is 2.12 bits per heavy atom. The van der Waals surface area contributed by atoms with Crippen molar-refractivity contribution >= 4 is 21.4 Å². The minimum absolute atomic E-state index is 0.0475. The van der Waals surface area contributed by atoms with Gasteiger partial charge in [0.15, 0.2) is 27.4 Å². The predicted octanol–water partition coefficient (Wildman–Crippen LogP) is 0.674. The van der Waals surface area contributed by atoms with E-state index in [0.29, 0.717) is 6.42 Å². The third-order valence-corrected chi connectivity index (χ3v) is 5.38. The van der Waals surface area contributed by atoms with Crippen LogP contribution in [0.3, 0.4) is 0 Å². The Labute approximate surface area is 139 Å². The van der Waals surface area contributed by atoms with Gasteiger partial charge in [0.25, 0.3) is 11.6 Å². The Morgan fingerprint density at radius 3 is 2.67 bits per heavy atom. The number of rotatable bonds is 6. The summed E-state index contributed by atoms with van der Waals surface area (Å²) < 4.78 is 33.3. The van der Waals surface area contributed by atoms with Crippen LogP contribution in [0.25, 0.3) is 0 Å². The zero-order valence-corrected chi connectivity index (χ0v) is 14.0. The predicted molar refractivity (Wildman–Crippen MR) is 84.9 cm³/mol. The van der Waals surface area contributed by atoms with E-state index in [1.807, 2.05) is 0 Å². The average molecular weight is 358 g/mol. The number of methoxy groups -OCH3 is 1. The van der Waals surface area contributed by atoms with E-state index in [1.54, 1.807) is 0 Å². The van der Waals surface area contributed by atoms with Crippen molar-refractivity contribution in [1.82, 2.24) is 5.32 Å². The number of hydrogen-bond acceptors (Lipinski definition) is 7. The topological polar surface area (TPSA) is 125 Å². The fraction of sp³-hybridized carbons (Fsp3) is 0.500. The quantitative estimate of drug-likeness (QED) is 0.585. The van der Waals surface area contributed by atoms with Gasteiger partial charge >= 0.3 is 0 Å². The molecule has 1 aliphatic heterocycles. The summed E-state index contributed by atoms with van der Waals surface area (Å²) >= 11 is 0. The van der Waals surface area contributed by atoms with Gasteiger partial charge in [0.2, 0.25) is 0 Å². The normalized spacial score (nSPS) is 20.2. The zero-order valence-electron chi connectivity index (χ0n) is 13.2. The molecule has 1 aliphatic rings. The molecule has 0 unspecified atom stereocenters. The molecule has 1 fully saturated rings. The zero-order chi connectivity index (χ0) is 17.9. The number of nitrogens with zero attached hydrogens (tertiary/aromatic N) is 1. The van der Waals surface area contributed by atoms with Crippen LogP contribution in [0.1, 0.15) is 13.3 Å². The molecular weight excluding hydrogens is 340 g/mol. The number of nitrogens with one attached hydrogen (secondary N) is 1. The summed E-state index contributed by atoms with van der Waals surface area (Å²) in [5.41, 5.74) is -0.194. The van der Waals surface area contributed by atoms with E-state index in [4.69, 9.17) is 9.47 Å². The molecule has 0 aliphatic carbocycles. The van der Waals surface area contributed by atoms with E-state index < -0.39 is 32.8 Å². The Kier molecular flexibility index (Phi) is 5.27. The molecule has 9 nitrogen and oxygen atoms in total. The summed E-state index contributed by atoms with van der Waals surface area (Å²) in [4.78, 5) is 22.4. The third-order valence-electron chi connectivity index (χ3n) is 3.61. The number of nitro groups is 1. The molecule has 1 aromatic rings. The van der Waals surface area contributed by atoms with Gasteiger partial charge in [0, 0.05) is 12.1 Å². The van der Waals surface area contributed by atoms with Crippen LogP contribution >= 0.6 is 0 Å². The van der Waals surface area contributed by atoms with Gasteiger partial charge in [-0.15, -0.1) is 0 Å². The lowest BCUT2D eigenvalue weighted by Gasteiger charge is -2.18. The first kappa shape index (κ1) is 18.0. The fourth-order valence-electron chi connectivity index (χ4n) is 2.34. The maximum absolute atomic E-state index is 12.1. The smallest absolute Gasteiger partial charge is 0.273 e. The van der Waals surface area contributed by atoms with Gasteiger partial charge in [-0.05, 0) is 19.4 Å². The molecule has 0 aromatic heterocycles. The minimum Gasteiger partial charge on any atom is -0.493 e. The van der Waals surface area contributed by atoms with Gasteiger partial charge in [-0.2, -0.15) is 0 Å². The second-order valence-electron chi connectivity index (χ2n) is 5.46. The Balaban J connectivity index is 2.05. The van der Waals surface area contributed by atoms with Gasteiger partial charge in [0.1, 0.15) is 0 Å². The molecular formula is C14H18N2O7S. The lowest BCUT2D eigenvalue weighted by atomic mass is 10.2. The molecule has 1 N–H and O–H groups in total. The van der Waals surface area contributed by atoms with E-state index >= 15 is 0 Å². The van der Waals surface area contributed by atoms with Crippen LogP contribution < -0.4 is 14.8 Å². The van der Waals surface area contributed by atoms with Gasteiger partial charge < -0.3 is 14.8 Å². The number of benzene rings is 1. The van der Waals surface area contributed by atoms with Gasteiger partial charge in [-0.25, -0.2) is 8.42 Å². The van der Waals surface area contributed by atoms with Crippen LogP contribution in [-0.4, -0.2) is 50.0 Å². The number of ether oxygens (including phenoxy) is 2. The standard InChI is InChI=1S/C14H18N2O7S/c1-9(14(17)15-10-5-6-24(20,21)8-10)23-13-7-11(16(18)19)3-4-12(13)22-2/h3-4,7,9-10H,5-6,8H2,1-2H3,(H,15,17)/t9-,10-/m1/s1.